The normalized spacial score (nSPS) is 13.1. The molecule has 25 heavy (non-hydrogen) atoms. The van der Waals surface area contributed by atoms with Crippen LogP contribution < -0.4 is 26.6 Å². The minimum Gasteiger partial charge on any atom is -0.350 e. The minimum absolute atomic E-state index is 0.0619. The molecule has 0 atom stereocenters. The highest BCUT2D eigenvalue weighted by Gasteiger charge is 2.23. The molecule has 0 spiro atoms. The Morgan fingerprint density at radius 1 is 1.04 bits per heavy atom. The number of carbonyl (C=O) groups excluding carboxylic acids is 3. The largest absolute Gasteiger partial charge is 0.350 e. The molecule has 2 rings (SSSR count). The number of urea groups is 2. The van der Waals surface area contributed by atoms with E-state index in [4.69, 9.17) is 0 Å². The monoisotopic (exact) mass is 347 g/mol. The van der Waals surface area contributed by atoms with Crippen LogP contribution in [-0.4, -0.2) is 36.6 Å². The molecule has 5 amide bonds. The predicted molar refractivity (Wildman–Crippen MR) is 95.1 cm³/mol. The average Bonchev–Trinajstić information content (AvgIpc) is 3.35. The lowest BCUT2D eigenvalue weighted by molar-refractivity contribution is -0.120. The summed E-state index contributed by atoms with van der Waals surface area (Å²) < 4.78 is 0. The second-order valence-corrected chi connectivity index (χ2v) is 6.33. The molecule has 0 saturated heterocycles. The van der Waals surface area contributed by atoms with Crippen molar-refractivity contribution in [2.45, 2.75) is 45.3 Å². The molecule has 0 heterocycles. The highest BCUT2D eigenvalue weighted by molar-refractivity contribution is 5.89. The fraction of sp³-hybridized carbons (Fsp3) is 0.471. The van der Waals surface area contributed by atoms with Crippen molar-refractivity contribution >= 4 is 23.7 Å². The Balaban J connectivity index is 1.67. The second kappa shape index (κ2) is 8.91. The minimum atomic E-state index is -0.312. The van der Waals surface area contributed by atoms with Crippen molar-refractivity contribution in [3.05, 3.63) is 29.8 Å². The van der Waals surface area contributed by atoms with Gasteiger partial charge in [0.15, 0.2) is 0 Å². The van der Waals surface area contributed by atoms with E-state index >= 15 is 0 Å². The van der Waals surface area contributed by atoms with E-state index in [2.05, 4.69) is 26.6 Å². The van der Waals surface area contributed by atoms with Gasteiger partial charge in [0.1, 0.15) is 0 Å². The Hall–Kier alpha value is -2.77. The van der Waals surface area contributed by atoms with Crippen molar-refractivity contribution in [1.29, 1.82) is 0 Å². The molecule has 0 radical (unpaired) electrons. The number of nitrogens with one attached hydrogen (secondary N) is 5. The van der Waals surface area contributed by atoms with Gasteiger partial charge in [0.05, 0.1) is 6.54 Å². The zero-order valence-electron chi connectivity index (χ0n) is 14.5. The molecule has 0 aliphatic heterocycles. The third-order valence-electron chi connectivity index (χ3n) is 3.44. The Morgan fingerprint density at radius 2 is 1.72 bits per heavy atom. The smallest absolute Gasteiger partial charge is 0.319 e. The van der Waals surface area contributed by atoms with Crippen LogP contribution in [-0.2, 0) is 11.3 Å². The molecule has 1 aromatic carbocycles. The van der Waals surface area contributed by atoms with E-state index in [0.717, 1.165) is 18.4 Å². The summed E-state index contributed by atoms with van der Waals surface area (Å²) in [6, 6.07) is 6.93. The van der Waals surface area contributed by atoms with E-state index in [1.807, 2.05) is 26.0 Å². The topological polar surface area (TPSA) is 111 Å². The van der Waals surface area contributed by atoms with Crippen LogP contribution in [0.3, 0.4) is 0 Å². The molecule has 8 nitrogen and oxygen atoms in total. The van der Waals surface area contributed by atoms with Crippen molar-refractivity contribution in [1.82, 2.24) is 21.3 Å². The molecule has 1 saturated carbocycles. The molecular formula is C17H25N5O3. The summed E-state index contributed by atoms with van der Waals surface area (Å²) in [6.45, 7) is 4.06. The highest BCUT2D eigenvalue weighted by Crippen LogP contribution is 2.18. The van der Waals surface area contributed by atoms with E-state index in [0.29, 0.717) is 12.2 Å². The molecule has 5 N–H and O–H groups in total. The number of carbonyl (C=O) groups is 3. The first-order chi connectivity index (χ1) is 11.9. The fourth-order valence-corrected chi connectivity index (χ4v) is 2.02. The van der Waals surface area contributed by atoms with Gasteiger partial charge in [-0.2, -0.15) is 0 Å². The van der Waals surface area contributed by atoms with Gasteiger partial charge in [0.25, 0.3) is 0 Å². The molecule has 1 aromatic rings. The van der Waals surface area contributed by atoms with Gasteiger partial charge in [-0.25, -0.2) is 9.59 Å². The van der Waals surface area contributed by atoms with Crippen LogP contribution in [0, 0.1) is 0 Å². The summed E-state index contributed by atoms with van der Waals surface area (Å²) >= 11 is 0. The summed E-state index contributed by atoms with van der Waals surface area (Å²) in [5, 5.41) is 13.5. The number of amides is 5. The van der Waals surface area contributed by atoms with Crippen molar-refractivity contribution in [3.63, 3.8) is 0 Å². The highest BCUT2D eigenvalue weighted by atomic mass is 16.2. The molecule has 0 aromatic heterocycles. The zero-order valence-corrected chi connectivity index (χ0v) is 14.5. The van der Waals surface area contributed by atoms with Gasteiger partial charge in [0, 0.05) is 24.3 Å². The first-order valence-corrected chi connectivity index (χ1v) is 8.40. The molecule has 0 bridgehead atoms. The third kappa shape index (κ3) is 7.56. The molecule has 0 unspecified atom stereocenters. The molecular weight excluding hydrogens is 322 g/mol. The standard InChI is InChI=1S/C17H25N5O3/c1-11(2)20-17(25)22-13-5-3-12(4-6-13)9-18-15(23)10-19-16(24)21-14-7-8-14/h3-6,11,14H,7-10H2,1-2H3,(H,18,23)(H2,19,21,24)(H2,20,22,25). The summed E-state index contributed by atoms with van der Waals surface area (Å²) in [7, 11) is 0. The molecule has 1 fully saturated rings. The van der Waals surface area contributed by atoms with E-state index in [-0.39, 0.29) is 36.6 Å². The maximum Gasteiger partial charge on any atom is 0.319 e. The SMILES string of the molecule is CC(C)NC(=O)Nc1ccc(CNC(=O)CNC(=O)NC2CC2)cc1. The lowest BCUT2D eigenvalue weighted by Gasteiger charge is -2.11. The van der Waals surface area contributed by atoms with Gasteiger partial charge < -0.3 is 26.6 Å². The van der Waals surface area contributed by atoms with E-state index in [9.17, 15) is 14.4 Å². The van der Waals surface area contributed by atoms with Crippen LogP contribution in [0.5, 0.6) is 0 Å². The van der Waals surface area contributed by atoms with Gasteiger partial charge in [-0.15, -0.1) is 0 Å². The number of anilines is 1. The number of rotatable bonds is 7. The predicted octanol–water partition coefficient (Wildman–Crippen LogP) is 1.29. The summed E-state index contributed by atoms with van der Waals surface area (Å²) in [5.41, 5.74) is 1.57. The van der Waals surface area contributed by atoms with Gasteiger partial charge in [0.2, 0.25) is 5.91 Å². The number of benzene rings is 1. The van der Waals surface area contributed by atoms with E-state index in [1.165, 1.54) is 0 Å². The van der Waals surface area contributed by atoms with Gasteiger partial charge >= 0.3 is 12.1 Å². The second-order valence-electron chi connectivity index (χ2n) is 6.33. The average molecular weight is 347 g/mol. The lowest BCUT2D eigenvalue weighted by atomic mass is 10.2. The van der Waals surface area contributed by atoms with Gasteiger partial charge in [-0.1, -0.05) is 12.1 Å². The van der Waals surface area contributed by atoms with Crippen molar-refractivity contribution < 1.29 is 14.4 Å². The van der Waals surface area contributed by atoms with Crippen LogP contribution in [0.1, 0.15) is 32.3 Å². The summed E-state index contributed by atoms with van der Waals surface area (Å²) in [4.78, 5) is 34.7. The van der Waals surface area contributed by atoms with Crippen LogP contribution in [0.25, 0.3) is 0 Å². The maximum absolute atomic E-state index is 11.7. The number of hydrogen-bond acceptors (Lipinski definition) is 3. The van der Waals surface area contributed by atoms with E-state index in [1.54, 1.807) is 12.1 Å². The van der Waals surface area contributed by atoms with Crippen LogP contribution >= 0.6 is 0 Å². The van der Waals surface area contributed by atoms with Crippen molar-refractivity contribution in [2.75, 3.05) is 11.9 Å². The Kier molecular flexibility index (Phi) is 6.62. The Labute approximate surface area is 147 Å². The zero-order chi connectivity index (χ0) is 18.2. The quantitative estimate of drug-likeness (QED) is 0.512. The fourth-order valence-electron chi connectivity index (χ4n) is 2.02. The molecule has 8 heteroatoms. The summed E-state index contributed by atoms with van der Waals surface area (Å²) in [6.07, 6.45) is 2.01. The van der Waals surface area contributed by atoms with Gasteiger partial charge in [-0.05, 0) is 44.4 Å². The van der Waals surface area contributed by atoms with Crippen LogP contribution in [0.2, 0.25) is 0 Å². The van der Waals surface area contributed by atoms with Crippen LogP contribution in [0.4, 0.5) is 15.3 Å². The maximum atomic E-state index is 11.7. The Bertz CT molecular complexity index is 611. The first kappa shape index (κ1) is 18.6. The molecule has 136 valence electrons. The number of hydrogen-bond donors (Lipinski definition) is 5. The lowest BCUT2D eigenvalue weighted by Crippen LogP contribution is -2.42. The van der Waals surface area contributed by atoms with Crippen LogP contribution in [0.15, 0.2) is 24.3 Å². The first-order valence-electron chi connectivity index (χ1n) is 8.40. The van der Waals surface area contributed by atoms with Gasteiger partial charge in [-0.3, -0.25) is 4.79 Å². The third-order valence-corrected chi connectivity index (χ3v) is 3.44. The summed E-state index contributed by atoms with van der Waals surface area (Å²) in [5.74, 6) is -0.260. The molecule has 1 aliphatic rings. The van der Waals surface area contributed by atoms with Crippen molar-refractivity contribution in [2.24, 2.45) is 0 Å². The van der Waals surface area contributed by atoms with E-state index < -0.39 is 0 Å². The Morgan fingerprint density at radius 3 is 2.32 bits per heavy atom. The van der Waals surface area contributed by atoms with Crippen molar-refractivity contribution in [3.8, 4) is 0 Å². The molecule has 1 aliphatic carbocycles.